The van der Waals surface area contributed by atoms with Crippen LogP contribution in [0.4, 0.5) is 0 Å². The molecule has 1 heteroatoms. The molecule has 1 aliphatic rings. The molecule has 1 saturated carbocycles. The average Bonchev–Trinajstić information content (AvgIpc) is 2.07. The minimum atomic E-state index is 0.549. The average molecular weight is 155 g/mol. The summed E-state index contributed by atoms with van der Waals surface area (Å²) in [7, 11) is 0. The highest BCUT2D eigenvalue weighted by molar-refractivity contribution is 4.82. The summed E-state index contributed by atoms with van der Waals surface area (Å²) < 4.78 is 0. The molecule has 0 aromatic heterocycles. The Bertz CT molecular complexity index is 97.9. The first-order valence-electron chi connectivity index (χ1n) is 5.03. The summed E-state index contributed by atoms with van der Waals surface area (Å²) >= 11 is 0. The van der Waals surface area contributed by atoms with Crippen LogP contribution in [-0.4, -0.2) is 6.54 Å². The van der Waals surface area contributed by atoms with Crippen LogP contribution in [0.15, 0.2) is 0 Å². The molecule has 0 spiro atoms. The van der Waals surface area contributed by atoms with Crippen LogP contribution in [0.25, 0.3) is 0 Å². The van der Waals surface area contributed by atoms with Gasteiger partial charge in [-0.2, -0.15) is 0 Å². The van der Waals surface area contributed by atoms with E-state index in [1.807, 2.05) is 0 Å². The first-order chi connectivity index (χ1) is 5.33. The third kappa shape index (κ3) is 2.19. The molecule has 0 aromatic rings. The number of rotatable bonds is 3. The lowest BCUT2D eigenvalue weighted by Gasteiger charge is -2.36. The van der Waals surface area contributed by atoms with Gasteiger partial charge >= 0.3 is 0 Å². The van der Waals surface area contributed by atoms with Crippen molar-refractivity contribution in [2.75, 3.05) is 6.54 Å². The molecule has 0 heterocycles. The molecule has 0 saturated heterocycles. The van der Waals surface area contributed by atoms with E-state index in [0.29, 0.717) is 5.41 Å². The van der Waals surface area contributed by atoms with Crippen LogP contribution < -0.4 is 5.73 Å². The van der Waals surface area contributed by atoms with Gasteiger partial charge in [0.15, 0.2) is 0 Å². The first kappa shape index (κ1) is 9.05. The molecule has 66 valence electrons. The second-order valence-electron chi connectivity index (χ2n) is 4.01. The zero-order valence-electron chi connectivity index (χ0n) is 7.73. The maximum atomic E-state index is 5.82. The van der Waals surface area contributed by atoms with E-state index in [9.17, 15) is 0 Å². The van der Waals surface area contributed by atoms with E-state index in [1.165, 1.54) is 44.9 Å². The minimum absolute atomic E-state index is 0.549. The zero-order chi connectivity index (χ0) is 8.16. The van der Waals surface area contributed by atoms with Crippen molar-refractivity contribution in [3.8, 4) is 0 Å². The third-order valence-electron chi connectivity index (χ3n) is 3.13. The topological polar surface area (TPSA) is 26.0 Å². The Hall–Kier alpha value is -0.0400. The summed E-state index contributed by atoms with van der Waals surface area (Å²) in [6, 6.07) is 0. The van der Waals surface area contributed by atoms with E-state index in [-0.39, 0.29) is 0 Å². The van der Waals surface area contributed by atoms with E-state index in [0.717, 1.165) is 6.54 Å². The van der Waals surface area contributed by atoms with Crippen LogP contribution in [0.3, 0.4) is 0 Å². The van der Waals surface area contributed by atoms with Gasteiger partial charge in [0.05, 0.1) is 0 Å². The van der Waals surface area contributed by atoms with Crippen molar-refractivity contribution in [2.24, 2.45) is 11.1 Å². The number of nitrogens with two attached hydrogens (primary N) is 1. The fraction of sp³-hybridized carbons (Fsp3) is 1.00. The maximum Gasteiger partial charge on any atom is -0.00205 e. The largest absolute Gasteiger partial charge is 0.330 e. The van der Waals surface area contributed by atoms with E-state index in [1.54, 1.807) is 0 Å². The van der Waals surface area contributed by atoms with Gasteiger partial charge in [0.1, 0.15) is 0 Å². The van der Waals surface area contributed by atoms with Crippen LogP contribution in [0.1, 0.15) is 51.9 Å². The van der Waals surface area contributed by atoms with Gasteiger partial charge < -0.3 is 5.73 Å². The van der Waals surface area contributed by atoms with Gasteiger partial charge in [-0.15, -0.1) is 0 Å². The smallest absolute Gasteiger partial charge is 0.00205 e. The summed E-state index contributed by atoms with van der Waals surface area (Å²) in [5, 5.41) is 0. The second kappa shape index (κ2) is 4.10. The van der Waals surface area contributed by atoms with Crippen LogP contribution in [-0.2, 0) is 0 Å². The SMILES string of the molecule is CCCC1(CN)CCCCC1. The first-order valence-corrected chi connectivity index (χ1v) is 5.03. The molecule has 0 aliphatic heterocycles. The number of hydrogen-bond acceptors (Lipinski definition) is 1. The molecular formula is C10H21N. The predicted octanol–water partition coefficient (Wildman–Crippen LogP) is 2.70. The quantitative estimate of drug-likeness (QED) is 0.666. The summed E-state index contributed by atoms with van der Waals surface area (Å²) in [5.74, 6) is 0. The van der Waals surface area contributed by atoms with E-state index < -0.39 is 0 Å². The highest BCUT2D eigenvalue weighted by atomic mass is 14.6. The molecule has 0 amide bonds. The lowest BCUT2D eigenvalue weighted by Crippen LogP contribution is -2.32. The third-order valence-corrected chi connectivity index (χ3v) is 3.13. The van der Waals surface area contributed by atoms with Gasteiger partial charge in [-0.05, 0) is 31.2 Å². The van der Waals surface area contributed by atoms with Crippen molar-refractivity contribution in [1.29, 1.82) is 0 Å². The highest BCUT2D eigenvalue weighted by Gasteiger charge is 2.28. The summed E-state index contributed by atoms with van der Waals surface area (Å²) in [5.41, 5.74) is 6.37. The van der Waals surface area contributed by atoms with Crippen LogP contribution in [0.5, 0.6) is 0 Å². The predicted molar refractivity (Wildman–Crippen MR) is 49.5 cm³/mol. The van der Waals surface area contributed by atoms with Gasteiger partial charge in [-0.1, -0.05) is 32.6 Å². The molecule has 11 heavy (non-hydrogen) atoms. The fourth-order valence-corrected chi connectivity index (χ4v) is 2.39. The van der Waals surface area contributed by atoms with Crippen molar-refractivity contribution < 1.29 is 0 Å². The van der Waals surface area contributed by atoms with Gasteiger partial charge in [0.25, 0.3) is 0 Å². The Morgan fingerprint density at radius 3 is 2.27 bits per heavy atom. The molecule has 1 fully saturated rings. The standard InChI is InChI=1S/C10H21N/c1-2-6-10(9-11)7-4-3-5-8-10/h2-9,11H2,1H3. The monoisotopic (exact) mass is 155 g/mol. The lowest BCUT2D eigenvalue weighted by molar-refractivity contribution is 0.181. The van der Waals surface area contributed by atoms with Crippen LogP contribution >= 0.6 is 0 Å². The molecule has 1 aliphatic carbocycles. The molecule has 0 aromatic carbocycles. The summed E-state index contributed by atoms with van der Waals surface area (Å²) in [6.07, 6.45) is 9.69. The summed E-state index contributed by atoms with van der Waals surface area (Å²) in [4.78, 5) is 0. The van der Waals surface area contributed by atoms with Gasteiger partial charge in [0, 0.05) is 0 Å². The lowest BCUT2D eigenvalue weighted by atomic mass is 9.71. The van der Waals surface area contributed by atoms with E-state index >= 15 is 0 Å². The Morgan fingerprint density at radius 2 is 1.82 bits per heavy atom. The maximum absolute atomic E-state index is 5.82. The molecule has 1 nitrogen and oxygen atoms in total. The Balaban J connectivity index is 2.42. The molecular weight excluding hydrogens is 134 g/mol. The molecule has 2 N–H and O–H groups in total. The summed E-state index contributed by atoms with van der Waals surface area (Å²) in [6.45, 7) is 3.19. The van der Waals surface area contributed by atoms with Crippen molar-refractivity contribution in [2.45, 2.75) is 51.9 Å². The van der Waals surface area contributed by atoms with E-state index in [4.69, 9.17) is 5.73 Å². The van der Waals surface area contributed by atoms with Crippen molar-refractivity contribution in [3.05, 3.63) is 0 Å². The van der Waals surface area contributed by atoms with Gasteiger partial charge in [0.2, 0.25) is 0 Å². The van der Waals surface area contributed by atoms with E-state index in [2.05, 4.69) is 6.92 Å². The second-order valence-corrected chi connectivity index (χ2v) is 4.01. The molecule has 1 rings (SSSR count). The zero-order valence-corrected chi connectivity index (χ0v) is 7.73. The highest BCUT2D eigenvalue weighted by Crippen LogP contribution is 2.38. The van der Waals surface area contributed by atoms with Gasteiger partial charge in [-0.3, -0.25) is 0 Å². The van der Waals surface area contributed by atoms with Crippen molar-refractivity contribution >= 4 is 0 Å². The molecule has 0 unspecified atom stereocenters. The van der Waals surface area contributed by atoms with Crippen molar-refractivity contribution in [1.82, 2.24) is 0 Å². The minimum Gasteiger partial charge on any atom is -0.330 e. The Morgan fingerprint density at radius 1 is 1.18 bits per heavy atom. The Kier molecular flexibility index (Phi) is 3.38. The molecule has 0 bridgehead atoms. The number of hydrogen-bond donors (Lipinski definition) is 1. The molecule has 0 atom stereocenters. The normalized spacial score (nSPS) is 23.5. The van der Waals surface area contributed by atoms with Crippen LogP contribution in [0.2, 0.25) is 0 Å². The fourth-order valence-electron chi connectivity index (χ4n) is 2.39. The molecule has 0 radical (unpaired) electrons. The van der Waals surface area contributed by atoms with Crippen molar-refractivity contribution in [3.63, 3.8) is 0 Å². The van der Waals surface area contributed by atoms with Gasteiger partial charge in [-0.25, -0.2) is 0 Å². The van der Waals surface area contributed by atoms with Crippen LogP contribution in [0, 0.1) is 5.41 Å². The Labute approximate surface area is 70.4 Å².